The van der Waals surface area contributed by atoms with Gasteiger partial charge in [0.1, 0.15) is 18.2 Å². The predicted octanol–water partition coefficient (Wildman–Crippen LogP) is 1.77. The van der Waals surface area contributed by atoms with Crippen LogP contribution in [0.1, 0.15) is 12.7 Å². The number of H-pyrrole nitrogens is 1. The van der Waals surface area contributed by atoms with Gasteiger partial charge in [0.05, 0.1) is 11.0 Å². The SMILES string of the molecule is CC(=O)OCc1nc2cc(F)ccc2[nH]1. The van der Waals surface area contributed by atoms with Crippen molar-refractivity contribution >= 4 is 17.0 Å². The van der Waals surface area contributed by atoms with E-state index >= 15 is 0 Å². The van der Waals surface area contributed by atoms with Crippen LogP contribution < -0.4 is 0 Å². The maximum atomic E-state index is 12.8. The van der Waals surface area contributed by atoms with E-state index in [1.165, 1.54) is 19.1 Å². The third-order valence-electron chi connectivity index (χ3n) is 1.91. The van der Waals surface area contributed by atoms with Crippen molar-refractivity contribution in [3.63, 3.8) is 0 Å². The molecular weight excluding hydrogens is 199 g/mol. The molecule has 0 aliphatic rings. The van der Waals surface area contributed by atoms with Crippen LogP contribution in [-0.4, -0.2) is 15.9 Å². The Morgan fingerprint density at radius 1 is 1.60 bits per heavy atom. The second-order valence-corrected chi connectivity index (χ2v) is 3.13. The zero-order chi connectivity index (χ0) is 10.8. The molecule has 0 unspecified atom stereocenters. The number of hydrogen-bond acceptors (Lipinski definition) is 3. The first-order chi connectivity index (χ1) is 7.15. The van der Waals surface area contributed by atoms with E-state index in [2.05, 4.69) is 9.97 Å². The van der Waals surface area contributed by atoms with Crippen molar-refractivity contribution in [2.45, 2.75) is 13.5 Å². The molecule has 0 atom stereocenters. The van der Waals surface area contributed by atoms with E-state index in [-0.39, 0.29) is 18.4 Å². The molecule has 0 amide bonds. The van der Waals surface area contributed by atoms with Gasteiger partial charge in [0.25, 0.3) is 0 Å². The zero-order valence-corrected chi connectivity index (χ0v) is 8.08. The van der Waals surface area contributed by atoms with E-state index in [0.29, 0.717) is 11.3 Å². The van der Waals surface area contributed by atoms with E-state index < -0.39 is 0 Å². The minimum absolute atomic E-state index is 0.0750. The molecule has 1 aromatic carbocycles. The second-order valence-electron chi connectivity index (χ2n) is 3.13. The standard InChI is InChI=1S/C10H9FN2O2/c1-6(14)15-5-10-12-8-3-2-7(11)4-9(8)13-10/h2-4H,5H2,1H3,(H,12,13). The highest BCUT2D eigenvalue weighted by Crippen LogP contribution is 2.13. The van der Waals surface area contributed by atoms with E-state index in [4.69, 9.17) is 4.74 Å². The number of fused-ring (bicyclic) bond motifs is 1. The zero-order valence-electron chi connectivity index (χ0n) is 8.08. The molecule has 4 nitrogen and oxygen atoms in total. The number of nitrogens with zero attached hydrogens (tertiary/aromatic N) is 1. The fourth-order valence-corrected chi connectivity index (χ4v) is 1.27. The van der Waals surface area contributed by atoms with Crippen molar-refractivity contribution in [2.24, 2.45) is 0 Å². The Morgan fingerprint density at radius 3 is 3.13 bits per heavy atom. The fourth-order valence-electron chi connectivity index (χ4n) is 1.27. The molecule has 2 aromatic rings. The quantitative estimate of drug-likeness (QED) is 0.765. The van der Waals surface area contributed by atoms with Gasteiger partial charge in [-0.3, -0.25) is 4.79 Å². The van der Waals surface area contributed by atoms with Crippen LogP contribution in [0.15, 0.2) is 18.2 Å². The summed E-state index contributed by atoms with van der Waals surface area (Å²) in [7, 11) is 0. The number of aromatic nitrogens is 2. The summed E-state index contributed by atoms with van der Waals surface area (Å²) < 4.78 is 17.6. The van der Waals surface area contributed by atoms with Gasteiger partial charge in [-0.2, -0.15) is 0 Å². The van der Waals surface area contributed by atoms with Crippen molar-refractivity contribution in [3.05, 3.63) is 29.8 Å². The first kappa shape index (κ1) is 9.64. The highest BCUT2D eigenvalue weighted by atomic mass is 19.1. The Morgan fingerprint density at radius 2 is 2.40 bits per heavy atom. The van der Waals surface area contributed by atoms with Crippen molar-refractivity contribution < 1.29 is 13.9 Å². The summed E-state index contributed by atoms with van der Waals surface area (Å²) in [5.74, 6) is -0.208. The highest BCUT2D eigenvalue weighted by Gasteiger charge is 2.04. The largest absolute Gasteiger partial charge is 0.458 e. The van der Waals surface area contributed by atoms with Crippen LogP contribution in [0, 0.1) is 5.82 Å². The first-order valence-corrected chi connectivity index (χ1v) is 4.42. The normalized spacial score (nSPS) is 10.5. The molecular formula is C10H9FN2O2. The summed E-state index contributed by atoms with van der Waals surface area (Å²) in [6.07, 6.45) is 0. The van der Waals surface area contributed by atoms with Crippen LogP contribution in [0.4, 0.5) is 4.39 Å². The van der Waals surface area contributed by atoms with Gasteiger partial charge < -0.3 is 9.72 Å². The molecule has 1 heterocycles. The Hall–Kier alpha value is -1.91. The van der Waals surface area contributed by atoms with Gasteiger partial charge in [-0.05, 0) is 12.1 Å². The summed E-state index contributed by atoms with van der Waals surface area (Å²) in [5.41, 5.74) is 1.25. The van der Waals surface area contributed by atoms with Crippen molar-refractivity contribution in [1.29, 1.82) is 0 Å². The van der Waals surface area contributed by atoms with E-state index in [0.717, 1.165) is 5.52 Å². The molecule has 5 heteroatoms. The molecule has 2 rings (SSSR count). The lowest BCUT2D eigenvalue weighted by Gasteiger charge is -1.95. The monoisotopic (exact) mass is 208 g/mol. The number of imidazole rings is 1. The maximum absolute atomic E-state index is 12.8. The number of benzene rings is 1. The van der Waals surface area contributed by atoms with Gasteiger partial charge in [-0.25, -0.2) is 9.37 Å². The van der Waals surface area contributed by atoms with Crippen LogP contribution in [0.25, 0.3) is 11.0 Å². The number of halogens is 1. The number of carbonyl (C=O) groups is 1. The molecule has 0 fully saturated rings. The maximum Gasteiger partial charge on any atom is 0.303 e. The van der Waals surface area contributed by atoms with Gasteiger partial charge in [0.15, 0.2) is 0 Å². The summed E-state index contributed by atoms with van der Waals surface area (Å²) in [5, 5.41) is 0. The lowest BCUT2D eigenvalue weighted by atomic mass is 10.3. The topological polar surface area (TPSA) is 55.0 Å². The lowest BCUT2D eigenvalue weighted by Crippen LogP contribution is -1.99. The lowest BCUT2D eigenvalue weighted by molar-refractivity contribution is -0.142. The van der Waals surface area contributed by atoms with Gasteiger partial charge in [-0.15, -0.1) is 0 Å². The van der Waals surface area contributed by atoms with Crippen LogP contribution in [0.2, 0.25) is 0 Å². The summed E-state index contributed by atoms with van der Waals surface area (Å²) in [4.78, 5) is 17.6. The Labute approximate surface area is 85.1 Å². The summed E-state index contributed by atoms with van der Waals surface area (Å²) >= 11 is 0. The molecule has 0 saturated carbocycles. The van der Waals surface area contributed by atoms with E-state index in [1.54, 1.807) is 6.07 Å². The van der Waals surface area contributed by atoms with Crippen molar-refractivity contribution in [2.75, 3.05) is 0 Å². The minimum Gasteiger partial charge on any atom is -0.458 e. The average molecular weight is 208 g/mol. The van der Waals surface area contributed by atoms with Gasteiger partial charge in [-0.1, -0.05) is 0 Å². The molecule has 0 radical (unpaired) electrons. The Bertz CT molecular complexity index is 507. The van der Waals surface area contributed by atoms with E-state index in [1.807, 2.05) is 0 Å². The van der Waals surface area contributed by atoms with Gasteiger partial charge in [0.2, 0.25) is 0 Å². The molecule has 15 heavy (non-hydrogen) atoms. The number of rotatable bonds is 2. The van der Waals surface area contributed by atoms with Crippen molar-refractivity contribution in [1.82, 2.24) is 9.97 Å². The summed E-state index contributed by atoms with van der Waals surface area (Å²) in [6.45, 7) is 1.40. The highest BCUT2D eigenvalue weighted by molar-refractivity contribution is 5.75. The van der Waals surface area contributed by atoms with Crippen LogP contribution in [0.3, 0.4) is 0 Å². The number of esters is 1. The van der Waals surface area contributed by atoms with E-state index in [9.17, 15) is 9.18 Å². The minimum atomic E-state index is -0.373. The molecule has 0 bridgehead atoms. The molecule has 1 aromatic heterocycles. The van der Waals surface area contributed by atoms with Crippen LogP contribution in [-0.2, 0) is 16.1 Å². The molecule has 78 valence electrons. The van der Waals surface area contributed by atoms with Crippen molar-refractivity contribution in [3.8, 4) is 0 Å². The third-order valence-corrected chi connectivity index (χ3v) is 1.91. The van der Waals surface area contributed by atoms with Crippen LogP contribution >= 0.6 is 0 Å². The second kappa shape index (κ2) is 3.68. The average Bonchev–Trinajstić information content (AvgIpc) is 2.56. The number of aromatic amines is 1. The van der Waals surface area contributed by atoms with Gasteiger partial charge >= 0.3 is 5.97 Å². The number of ether oxygens (including phenoxy) is 1. The molecule has 0 saturated heterocycles. The van der Waals surface area contributed by atoms with Crippen LogP contribution in [0.5, 0.6) is 0 Å². The molecule has 0 aliphatic heterocycles. The fraction of sp³-hybridized carbons (Fsp3) is 0.200. The Kier molecular flexibility index (Phi) is 2.37. The molecule has 0 spiro atoms. The van der Waals surface area contributed by atoms with Gasteiger partial charge in [0, 0.05) is 13.0 Å². The number of nitrogens with one attached hydrogen (secondary N) is 1. The predicted molar refractivity (Wildman–Crippen MR) is 51.5 cm³/mol. The molecule has 0 aliphatic carbocycles. The third kappa shape index (κ3) is 2.12. The smallest absolute Gasteiger partial charge is 0.303 e. The first-order valence-electron chi connectivity index (χ1n) is 4.42. The number of carbonyl (C=O) groups excluding carboxylic acids is 1. The summed E-state index contributed by atoms with van der Waals surface area (Å²) in [6, 6.07) is 4.26. The molecule has 1 N–H and O–H groups in total. The Balaban J connectivity index is 2.27. The number of hydrogen-bond donors (Lipinski definition) is 1.